The Morgan fingerprint density at radius 1 is 1.31 bits per heavy atom. The lowest BCUT2D eigenvalue weighted by atomic mass is 10.1. The summed E-state index contributed by atoms with van der Waals surface area (Å²) in [5.41, 5.74) is 2.17. The molecule has 3 nitrogen and oxygen atoms in total. The fourth-order valence-corrected chi connectivity index (χ4v) is 1.59. The number of benzene rings is 1. The zero-order chi connectivity index (χ0) is 11.2. The minimum absolute atomic E-state index is 0.543. The third-order valence-electron chi connectivity index (χ3n) is 2.39. The Kier molecular flexibility index (Phi) is 3.47. The number of para-hydroxylation sites is 1. The number of pyridine rings is 1. The highest BCUT2D eigenvalue weighted by Crippen LogP contribution is 2.12. The third-order valence-corrected chi connectivity index (χ3v) is 2.39. The highest BCUT2D eigenvalue weighted by Gasteiger charge is 1.96. The fraction of sp³-hybridized carbons (Fsp3) is 0.231. The number of hydrogen-bond donors (Lipinski definition) is 1. The summed E-state index contributed by atoms with van der Waals surface area (Å²) in [5.74, 6) is 0. The highest BCUT2D eigenvalue weighted by atomic mass is 14.8. The molecule has 0 amide bonds. The minimum atomic E-state index is 0.543. The second-order valence-electron chi connectivity index (χ2n) is 3.62. The van der Waals surface area contributed by atoms with Crippen LogP contribution in [0.1, 0.15) is 12.0 Å². The van der Waals surface area contributed by atoms with Crippen molar-refractivity contribution in [3.05, 3.63) is 42.1 Å². The number of nitrogens with one attached hydrogen (secondary N) is 1. The van der Waals surface area contributed by atoms with Crippen molar-refractivity contribution in [2.24, 2.45) is 0 Å². The Bertz CT molecular complexity index is 514. The largest absolute Gasteiger partial charge is 0.312 e. The predicted octanol–water partition coefficient (Wildman–Crippen LogP) is 2.24. The van der Waals surface area contributed by atoms with E-state index in [2.05, 4.69) is 28.5 Å². The van der Waals surface area contributed by atoms with E-state index in [1.165, 1.54) is 0 Å². The molecular formula is C13H13N3. The van der Waals surface area contributed by atoms with Gasteiger partial charge in [-0.25, -0.2) is 0 Å². The van der Waals surface area contributed by atoms with Crippen molar-refractivity contribution in [3.63, 3.8) is 0 Å². The summed E-state index contributed by atoms with van der Waals surface area (Å²) in [6, 6.07) is 12.3. The smallest absolute Gasteiger partial charge is 0.0702 e. The van der Waals surface area contributed by atoms with Gasteiger partial charge in [0.15, 0.2) is 0 Å². The molecule has 0 saturated carbocycles. The van der Waals surface area contributed by atoms with Crippen LogP contribution < -0.4 is 5.32 Å². The molecule has 16 heavy (non-hydrogen) atoms. The second kappa shape index (κ2) is 5.24. The van der Waals surface area contributed by atoms with Crippen LogP contribution in [0.15, 0.2) is 36.5 Å². The maximum Gasteiger partial charge on any atom is 0.0702 e. The number of hydrogen-bond acceptors (Lipinski definition) is 3. The van der Waals surface area contributed by atoms with Crippen LogP contribution in [0.3, 0.4) is 0 Å². The van der Waals surface area contributed by atoms with Gasteiger partial charge in [-0.05, 0) is 17.7 Å². The maximum absolute atomic E-state index is 8.40. The van der Waals surface area contributed by atoms with Crippen LogP contribution in [-0.4, -0.2) is 11.5 Å². The maximum atomic E-state index is 8.40. The lowest BCUT2D eigenvalue weighted by Gasteiger charge is -2.03. The van der Waals surface area contributed by atoms with E-state index in [1.807, 2.05) is 24.4 Å². The first-order valence-electron chi connectivity index (χ1n) is 5.31. The number of fused-ring (bicyclic) bond motifs is 1. The van der Waals surface area contributed by atoms with Crippen LogP contribution >= 0.6 is 0 Å². The van der Waals surface area contributed by atoms with E-state index in [1.54, 1.807) is 0 Å². The molecular weight excluding hydrogens is 198 g/mol. The fourth-order valence-electron chi connectivity index (χ4n) is 1.59. The molecule has 0 bridgehead atoms. The van der Waals surface area contributed by atoms with Crippen molar-refractivity contribution >= 4 is 10.9 Å². The van der Waals surface area contributed by atoms with E-state index < -0.39 is 0 Å². The quantitative estimate of drug-likeness (QED) is 0.789. The predicted molar refractivity (Wildman–Crippen MR) is 63.7 cm³/mol. The molecule has 0 spiro atoms. The molecule has 1 aromatic carbocycles. The Morgan fingerprint density at radius 2 is 2.19 bits per heavy atom. The molecule has 0 aliphatic heterocycles. The topological polar surface area (TPSA) is 48.7 Å². The molecule has 80 valence electrons. The summed E-state index contributed by atoms with van der Waals surface area (Å²) in [4.78, 5) is 4.38. The summed E-state index contributed by atoms with van der Waals surface area (Å²) in [6.07, 6.45) is 2.42. The molecule has 0 aliphatic rings. The Hall–Kier alpha value is -1.92. The summed E-state index contributed by atoms with van der Waals surface area (Å²) in [7, 11) is 0. The standard InChI is InChI=1S/C13H13N3/c14-6-3-7-15-9-11-8-12-4-1-2-5-13(12)16-10-11/h1-2,4-5,8,10,15H,3,7,9H2. The van der Waals surface area contributed by atoms with Crippen molar-refractivity contribution < 1.29 is 0 Å². The van der Waals surface area contributed by atoms with Gasteiger partial charge in [-0.15, -0.1) is 0 Å². The van der Waals surface area contributed by atoms with Crippen molar-refractivity contribution in [2.45, 2.75) is 13.0 Å². The van der Waals surface area contributed by atoms with Gasteiger partial charge < -0.3 is 5.32 Å². The lowest BCUT2D eigenvalue weighted by Crippen LogP contribution is -2.14. The van der Waals surface area contributed by atoms with Crippen LogP contribution in [0, 0.1) is 11.3 Å². The molecule has 0 unspecified atom stereocenters. The summed E-state index contributed by atoms with van der Waals surface area (Å²) in [6.45, 7) is 1.49. The van der Waals surface area contributed by atoms with E-state index >= 15 is 0 Å². The molecule has 2 aromatic rings. The molecule has 0 saturated heterocycles. The third kappa shape index (κ3) is 2.56. The van der Waals surface area contributed by atoms with E-state index in [0.717, 1.165) is 29.6 Å². The first-order chi connectivity index (χ1) is 7.90. The van der Waals surface area contributed by atoms with E-state index in [9.17, 15) is 0 Å². The Morgan fingerprint density at radius 3 is 3.06 bits per heavy atom. The van der Waals surface area contributed by atoms with Gasteiger partial charge in [-0.1, -0.05) is 18.2 Å². The van der Waals surface area contributed by atoms with Crippen LogP contribution in [0.5, 0.6) is 0 Å². The summed E-state index contributed by atoms with van der Waals surface area (Å²) in [5, 5.41) is 12.8. The monoisotopic (exact) mass is 211 g/mol. The van der Waals surface area contributed by atoms with Gasteiger partial charge in [0.2, 0.25) is 0 Å². The van der Waals surface area contributed by atoms with Crippen molar-refractivity contribution in [1.82, 2.24) is 10.3 Å². The minimum Gasteiger partial charge on any atom is -0.312 e. The SMILES string of the molecule is N#CCCNCc1cnc2ccccc2c1. The van der Waals surface area contributed by atoms with E-state index in [4.69, 9.17) is 5.26 Å². The average molecular weight is 211 g/mol. The van der Waals surface area contributed by atoms with E-state index in [-0.39, 0.29) is 0 Å². The van der Waals surface area contributed by atoms with Gasteiger partial charge in [0.25, 0.3) is 0 Å². The number of rotatable bonds is 4. The highest BCUT2D eigenvalue weighted by molar-refractivity contribution is 5.78. The second-order valence-corrected chi connectivity index (χ2v) is 3.62. The van der Waals surface area contributed by atoms with Gasteiger partial charge in [0, 0.05) is 31.1 Å². The molecule has 0 radical (unpaired) electrons. The summed E-state index contributed by atoms with van der Waals surface area (Å²) < 4.78 is 0. The van der Waals surface area contributed by atoms with Crippen molar-refractivity contribution in [3.8, 4) is 6.07 Å². The normalized spacial score (nSPS) is 10.2. The number of nitrogens with zero attached hydrogens (tertiary/aromatic N) is 2. The molecule has 0 aliphatic carbocycles. The van der Waals surface area contributed by atoms with Crippen molar-refractivity contribution in [2.75, 3.05) is 6.54 Å². The van der Waals surface area contributed by atoms with E-state index in [0.29, 0.717) is 6.42 Å². The average Bonchev–Trinajstić information content (AvgIpc) is 2.34. The van der Waals surface area contributed by atoms with Gasteiger partial charge in [-0.3, -0.25) is 4.98 Å². The van der Waals surface area contributed by atoms with Crippen LogP contribution in [0.4, 0.5) is 0 Å². The first kappa shape index (κ1) is 10.6. The van der Waals surface area contributed by atoms with Gasteiger partial charge in [0.1, 0.15) is 0 Å². The van der Waals surface area contributed by atoms with Crippen LogP contribution in [-0.2, 0) is 6.54 Å². The van der Waals surface area contributed by atoms with Crippen LogP contribution in [0.2, 0.25) is 0 Å². The molecule has 1 N–H and O–H groups in total. The number of nitriles is 1. The van der Waals surface area contributed by atoms with Crippen molar-refractivity contribution in [1.29, 1.82) is 5.26 Å². The number of aromatic nitrogens is 1. The van der Waals surface area contributed by atoms with Crippen LogP contribution in [0.25, 0.3) is 10.9 Å². The van der Waals surface area contributed by atoms with Gasteiger partial charge in [0.05, 0.1) is 11.6 Å². The lowest BCUT2D eigenvalue weighted by molar-refractivity contribution is 0.698. The summed E-state index contributed by atoms with van der Waals surface area (Å²) >= 11 is 0. The molecule has 3 heteroatoms. The zero-order valence-corrected chi connectivity index (χ0v) is 8.98. The Labute approximate surface area is 94.7 Å². The zero-order valence-electron chi connectivity index (χ0n) is 8.98. The Balaban J connectivity index is 2.05. The first-order valence-corrected chi connectivity index (χ1v) is 5.31. The molecule has 1 heterocycles. The molecule has 2 rings (SSSR count). The van der Waals surface area contributed by atoms with Gasteiger partial charge >= 0.3 is 0 Å². The molecule has 0 fully saturated rings. The van der Waals surface area contributed by atoms with Gasteiger partial charge in [-0.2, -0.15) is 5.26 Å². The molecule has 0 atom stereocenters. The molecule has 1 aromatic heterocycles.